The highest BCUT2D eigenvalue weighted by Gasteiger charge is 2.52. The Morgan fingerprint density at radius 1 is 1.47 bits per heavy atom. The topological polar surface area (TPSA) is 26.3 Å². The fourth-order valence-electron chi connectivity index (χ4n) is 1.72. The molecule has 0 spiro atoms. The molecule has 1 aliphatic rings. The van der Waals surface area contributed by atoms with Gasteiger partial charge in [0.25, 0.3) is 0 Å². The molecule has 0 amide bonds. The minimum atomic E-state index is -0.749. The van der Waals surface area contributed by atoms with Gasteiger partial charge in [-0.15, -0.1) is 0 Å². The predicted molar refractivity (Wildman–Crippen MR) is 54.6 cm³/mol. The lowest BCUT2D eigenvalue weighted by molar-refractivity contribution is 0.0600. The minimum Gasteiger partial charge on any atom is -0.465 e. The van der Waals surface area contributed by atoms with Crippen LogP contribution in [0.1, 0.15) is 29.3 Å². The number of benzene rings is 1. The normalized spacial score (nSPS) is 28.6. The number of carbonyl (C=O) groups is 1. The summed E-state index contributed by atoms with van der Waals surface area (Å²) in [6.45, 7) is 1.89. The van der Waals surface area contributed by atoms with Gasteiger partial charge in [0.15, 0.2) is 0 Å². The summed E-state index contributed by atoms with van der Waals surface area (Å²) in [5.74, 6) is -0.362. The minimum absolute atomic E-state index is 0.339. The van der Waals surface area contributed by atoms with Crippen molar-refractivity contribution >= 4 is 5.97 Å². The Bertz CT molecular complexity index is 385. The third kappa shape index (κ3) is 1.62. The fourth-order valence-corrected chi connectivity index (χ4v) is 1.72. The van der Waals surface area contributed by atoms with E-state index in [4.69, 9.17) is 0 Å². The van der Waals surface area contributed by atoms with E-state index in [0.29, 0.717) is 12.0 Å². The van der Waals surface area contributed by atoms with E-state index in [1.54, 1.807) is 24.3 Å². The first-order valence-electron chi connectivity index (χ1n) is 4.91. The zero-order valence-electron chi connectivity index (χ0n) is 8.79. The highest BCUT2D eigenvalue weighted by molar-refractivity contribution is 5.89. The molecule has 0 N–H and O–H groups in total. The Morgan fingerprint density at radius 2 is 2.00 bits per heavy atom. The van der Waals surface area contributed by atoms with Crippen LogP contribution in [0.4, 0.5) is 4.39 Å². The van der Waals surface area contributed by atoms with Gasteiger partial charge in [-0.2, -0.15) is 0 Å². The van der Waals surface area contributed by atoms with Crippen molar-refractivity contribution in [3.63, 3.8) is 0 Å². The van der Waals surface area contributed by atoms with Crippen LogP contribution in [0.2, 0.25) is 0 Å². The molecule has 2 nitrogen and oxygen atoms in total. The monoisotopic (exact) mass is 208 g/mol. The van der Waals surface area contributed by atoms with Crippen molar-refractivity contribution in [3.8, 4) is 0 Å². The summed E-state index contributed by atoms with van der Waals surface area (Å²) < 4.78 is 17.7. The largest absolute Gasteiger partial charge is 0.465 e. The number of hydrogen-bond acceptors (Lipinski definition) is 2. The van der Waals surface area contributed by atoms with E-state index in [0.717, 1.165) is 5.56 Å². The number of ether oxygens (including phenoxy) is 1. The molecule has 0 aliphatic heterocycles. The summed E-state index contributed by atoms with van der Waals surface area (Å²) >= 11 is 0. The van der Waals surface area contributed by atoms with Gasteiger partial charge in [-0.1, -0.05) is 19.1 Å². The van der Waals surface area contributed by atoms with E-state index in [9.17, 15) is 9.18 Å². The molecule has 0 heterocycles. The first-order valence-corrected chi connectivity index (χ1v) is 4.91. The summed E-state index contributed by atoms with van der Waals surface area (Å²) in [7, 11) is 1.34. The molecule has 2 rings (SSSR count). The second kappa shape index (κ2) is 3.33. The zero-order valence-corrected chi connectivity index (χ0v) is 8.79. The molecule has 2 unspecified atom stereocenters. The Balaban J connectivity index is 2.22. The molecule has 0 bridgehead atoms. The van der Waals surface area contributed by atoms with Crippen molar-refractivity contribution < 1.29 is 13.9 Å². The van der Waals surface area contributed by atoms with Crippen molar-refractivity contribution in [2.45, 2.75) is 24.9 Å². The van der Waals surface area contributed by atoms with Crippen LogP contribution >= 0.6 is 0 Å². The van der Waals surface area contributed by atoms with Crippen molar-refractivity contribution in [2.75, 3.05) is 7.11 Å². The van der Waals surface area contributed by atoms with Crippen LogP contribution in [0.5, 0.6) is 0 Å². The van der Waals surface area contributed by atoms with Gasteiger partial charge in [-0.3, -0.25) is 0 Å². The Labute approximate surface area is 88.1 Å². The van der Waals surface area contributed by atoms with Crippen LogP contribution in [0.25, 0.3) is 0 Å². The van der Waals surface area contributed by atoms with Crippen LogP contribution in [0, 0.1) is 0 Å². The summed E-state index contributed by atoms with van der Waals surface area (Å²) in [6, 6.07) is 6.95. The number of methoxy groups -OCH3 is 1. The molecule has 0 saturated heterocycles. The highest BCUT2D eigenvalue weighted by Crippen LogP contribution is 2.50. The number of carbonyl (C=O) groups excluding carboxylic acids is 1. The first-order chi connectivity index (χ1) is 7.08. The van der Waals surface area contributed by atoms with Gasteiger partial charge in [0.1, 0.15) is 6.17 Å². The van der Waals surface area contributed by atoms with E-state index in [-0.39, 0.29) is 11.4 Å². The second-order valence-electron chi connectivity index (χ2n) is 4.16. The molecule has 0 aromatic heterocycles. The van der Waals surface area contributed by atoms with Gasteiger partial charge in [0.05, 0.1) is 12.7 Å². The van der Waals surface area contributed by atoms with Gasteiger partial charge < -0.3 is 4.74 Å². The molecule has 1 saturated carbocycles. The van der Waals surface area contributed by atoms with Crippen LogP contribution < -0.4 is 0 Å². The molecule has 3 heteroatoms. The Kier molecular flexibility index (Phi) is 2.25. The zero-order chi connectivity index (χ0) is 11.1. The van der Waals surface area contributed by atoms with E-state index < -0.39 is 6.17 Å². The lowest BCUT2D eigenvalue weighted by Crippen LogP contribution is -2.06. The molecular weight excluding hydrogens is 195 g/mol. The average molecular weight is 208 g/mol. The van der Waals surface area contributed by atoms with E-state index in [2.05, 4.69) is 4.74 Å². The van der Waals surface area contributed by atoms with Crippen molar-refractivity contribution in [1.29, 1.82) is 0 Å². The quantitative estimate of drug-likeness (QED) is 0.698. The van der Waals surface area contributed by atoms with Gasteiger partial charge in [0.2, 0.25) is 0 Å². The third-order valence-electron chi connectivity index (χ3n) is 3.10. The number of hydrogen-bond donors (Lipinski definition) is 0. The molecule has 0 radical (unpaired) electrons. The van der Waals surface area contributed by atoms with Gasteiger partial charge in [0, 0.05) is 5.41 Å². The summed E-state index contributed by atoms with van der Waals surface area (Å²) in [5, 5.41) is 0. The molecule has 1 aromatic rings. The number of esters is 1. The van der Waals surface area contributed by atoms with Crippen molar-refractivity contribution in [1.82, 2.24) is 0 Å². The average Bonchev–Trinajstić information content (AvgIpc) is 2.87. The van der Waals surface area contributed by atoms with E-state index in [1.165, 1.54) is 7.11 Å². The summed E-state index contributed by atoms with van der Waals surface area (Å²) in [4.78, 5) is 11.2. The molecule has 1 fully saturated rings. The van der Waals surface area contributed by atoms with Crippen LogP contribution in [0.15, 0.2) is 24.3 Å². The van der Waals surface area contributed by atoms with E-state index >= 15 is 0 Å². The molecule has 15 heavy (non-hydrogen) atoms. The SMILES string of the molecule is COC(=O)c1ccc(C2(C)CC2F)cc1. The number of alkyl halides is 1. The maximum atomic E-state index is 13.1. The number of halogens is 1. The van der Waals surface area contributed by atoms with Crippen molar-refractivity contribution in [3.05, 3.63) is 35.4 Å². The number of rotatable bonds is 2. The van der Waals surface area contributed by atoms with Gasteiger partial charge >= 0.3 is 5.97 Å². The lowest BCUT2D eigenvalue weighted by Gasteiger charge is -2.09. The lowest BCUT2D eigenvalue weighted by atomic mass is 9.97. The van der Waals surface area contributed by atoms with Crippen LogP contribution in [-0.2, 0) is 10.2 Å². The Morgan fingerprint density at radius 3 is 2.40 bits per heavy atom. The molecule has 1 aromatic carbocycles. The fraction of sp³-hybridized carbons (Fsp3) is 0.417. The molecular formula is C12H13FO2. The molecule has 2 atom stereocenters. The molecule has 80 valence electrons. The first kappa shape index (κ1) is 10.1. The van der Waals surface area contributed by atoms with Crippen molar-refractivity contribution in [2.24, 2.45) is 0 Å². The Hall–Kier alpha value is -1.38. The summed E-state index contributed by atoms with van der Waals surface area (Å²) in [5.41, 5.74) is 1.11. The third-order valence-corrected chi connectivity index (χ3v) is 3.10. The van der Waals surface area contributed by atoms with Gasteiger partial charge in [-0.25, -0.2) is 9.18 Å². The smallest absolute Gasteiger partial charge is 0.337 e. The van der Waals surface area contributed by atoms with E-state index in [1.807, 2.05) is 6.92 Å². The van der Waals surface area contributed by atoms with Crippen LogP contribution in [0.3, 0.4) is 0 Å². The standard InChI is InChI=1S/C12H13FO2/c1-12(7-10(12)13)9-5-3-8(4-6-9)11(14)15-2/h3-6,10H,7H2,1-2H3. The maximum Gasteiger partial charge on any atom is 0.337 e. The highest BCUT2D eigenvalue weighted by atomic mass is 19.1. The molecule has 1 aliphatic carbocycles. The predicted octanol–water partition coefficient (Wildman–Crippen LogP) is 2.47. The maximum absolute atomic E-state index is 13.1. The van der Waals surface area contributed by atoms with Crippen LogP contribution in [-0.4, -0.2) is 19.3 Å². The van der Waals surface area contributed by atoms with Gasteiger partial charge in [-0.05, 0) is 24.1 Å². The summed E-state index contributed by atoms with van der Waals surface area (Å²) in [6.07, 6.45) is -0.175. The second-order valence-corrected chi connectivity index (χ2v) is 4.16.